The highest BCUT2D eigenvalue weighted by Crippen LogP contribution is 2.29. The molecule has 3 aromatic carbocycles. The third kappa shape index (κ3) is 5.45. The van der Waals surface area contributed by atoms with Crippen molar-refractivity contribution in [2.45, 2.75) is 37.6 Å². The maximum absolute atomic E-state index is 13.4. The van der Waals surface area contributed by atoms with Crippen LogP contribution in [0.15, 0.2) is 94.5 Å². The zero-order valence-electron chi connectivity index (χ0n) is 22.4. The molecule has 1 saturated heterocycles. The molecule has 0 aliphatic carbocycles. The molecule has 0 unspecified atom stereocenters. The maximum atomic E-state index is 13.4. The van der Waals surface area contributed by atoms with Gasteiger partial charge in [0.2, 0.25) is 0 Å². The van der Waals surface area contributed by atoms with E-state index in [9.17, 15) is 13.2 Å². The number of nitrogens with zero attached hydrogens (tertiary/aromatic N) is 3. The van der Waals surface area contributed by atoms with Crippen molar-refractivity contribution in [3.8, 4) is 11.1 Å². The second-order valence-electron chi connectivity index (χ2n) is 10.5. The van der Waals surface area contributed by atoms with Gasteiger partial charge >= 0.3 is 0 Å². The molecule has 1 aliphatic heterocycles. The number of para-hydroxylation sites is 1. The van der Waals surface area contributed by atoms with Gasteiger partial charge in [-0.05, 0) is 60.7 Å². The fourth-order valence-corrected chi connectivity index (χ4v) is 7.00. The summed E-state index contributed by atoms with van der Waals surface area (Å²) in [5.74, 6) is -0.430. The van der Waals surface area contributed by atoms with Gasteiger partial charge in [0, 0.05) is 48.5 Å². The van der Waals surface area contributed by atoms with Crippen LogP contribution in [0.4, 0.5) is 5.69 Å². The molecule has 2 aromatic heterocycles. The first-order chi connectivity index (χ1) is 19.4. The predicted octanol–water partition coefficient (Wildman–Crippen LogP) is 5.84. The van der Waals surface area contributed by atoms with Gasteiger partial charge in [0.15, 0.2) is 15.6 Å². The van der Waals surface area contributed by atoms with E-state index in [0.717, 1.165) is 35.3 Å². The number of ketones is 1. The first-order valence-electron chi connectivity index (χ1n) is 13.5. The van der Waals surface area contributed by atoms with Gasteiger partial charge in [0.1, 0.15) is 11.5 Å². The van der Waals surface area contributed by atoms with Crippen LogP contribution in [0.5, 0.6) is 0 Å². The number of sulfone groups is 1. The minimum atomic E-state index is -3.87. The molecule has 6 rings (SSSR count). The molecule has 1 fully saturated rings. The molecule has 1 aliphatic rings. The van der Waals surface area contributed by atoms with Crippen molar-refractivity contribution in [2.24, 2.45) is 0 Å². The third-order valence-electron chi connectivity index (χ3n) is 7.44. The number of anilines is 1. The largest absolute Gasteiger partial charge is 0.372 e. The Bertz CT molecular complexity index is 1780. The molecule has 0 radical (unpaired) electrons. The van der Waals surface area contributed by atoms with E-state index < -0.39 is 21.4 Å². The molecule has 5 aromatic rings. The van der Waals surface area contributed by atoms with Crippen molar-refractivity contribution in [2.75, 3.05) is 23.7 Å². The number of carbonyl (C=O) groups excluding carboxylic acids is 1. The SMILES string of the molecule is Cc1cc(CC(=O)CS(=O)(=O)c2cn(Cc3cccc(-c4ccc(N5CCCC5)cc4)c3)c3ccccc23)no1. The molecule has 40 heavy (non-hydrogen) atoms. The standard InChI is InChI=1S/C32H31N3O4S/c1-23-17-27(33-39-23)19-29(36)22-40(37,38)32-21-35(31-10-3-2-9-30(31)32)20-24-7-6-8-26(18-24)25-11-13-28(14-12-25)34-15-4-5-16-34/h2-3,6-14,17-18,21H,4-5,15-16,19-20,22H2,1H3. The zero-order valence-corrected chi connectivity index (χ0v) is 23.2. The first-order valence-corrected chi connectivity index (χ1v) is 15.2. The van der Waals surface area contributed by atoms with Gasteiger partial charge in [-0.1, -0.05) is 53.7 Å². The van der Waals surface area contributed by atoms with Crippen LogP contribution in [-0.4, -0.2) is 42.8 Å². The molecule has 0 atom stereocenters. The van der Waals surface area contributed by atoms with Crippen LogP contribution in [0.1, 0.15) is 29.9 Å². The fourth-order valence-electron chi connectivity index (χ4n) is 5.52. The Kier molecular flexibility index (Phi) is 7.02. The number of fused-ring (bicyclic) bond motifs is 1. The molecule has 0 amide bonds. The normalized spacial score (nSPS) is 13.8. The number of hydrogen-bond donors (Lipinski definition) is 0. The third-order valence-corrected chi connectivity index (χ3v) is 9.14. The molecule has 3 heterocycles. The van der Waals surface area contributed by atoms with Crippen molar-refractivity contribution in [1.29, 1.82) is 0 Å². The van der Waals surface area contributed by atoms with E-state index in [1.54, 1.807) is 25.3 Å². The number of aryl methyl sites for hydroxylation is 1. The van der Waals surface area contributed by atoms with Gasteiger partial charge in [0.05, 0.1) is 17.0 Å². The van der Waals surface area contributed by atoms with Crippen LogP contribution in [0.25, 0.3) is 22.0 Å². The summed E-state index contributed by atoms with van der Waals surface area (Å²) < 4.78 is 33.7. The average molecular weight is 554 g/mol. The molecule has 0 bridgehead atoms. The van der Waals surface area contributed by atoms with Crippen LogP contribution >= 0.6 is 0 Å². The van der Waals surface area contributed by atoms with Crippen LogP contribution in [0.3, 0.4) is 0 Å². The average Bonchev–Trinajstić information content (AvgIpc) is 3.70. The highest BCUT2D eigenvalue weighted by molar-refractivity contribution is 7.92. The van der Waals surface area contributed by atoms with E-state index in [1.807, 2.05) is 28.8 Å². The van der Waals surface area contributed by atoms with E-state index in [-0.39, 0.29) is 11.3 Å². The topological polar surface area (TPSA) is 85.4 Å². The lowest BCUT2D eigenvalue weighted by Crippen LogP contribution is -2.18. The Hall–Kier alpha value is -4.17. The summed E-state index contributed by atoms with van der Waals surface area (Å²) in [5, 5.41) is 4.43. The summed E-state index contributed by atoms with van der Waals surface area (Å²) in [7, 11) is -3.87. The Labute approximate surface area is 233 Å². The van der Waals surface area contributed by atoms with Crippen LogP contribution < -0.4 is 4.90 Å². The van der Waals surface area contributed by atoms with Crippen LogP contribution in [0, 0.1) is 6.92 Å². The summed E-state index contributed by atoms with van der Waals surface area (Å²) in [5.41, 5.74) is 5.82. The molecule has 7 nitrogen and oxygen atoms in total. The lowest BCUT2D eigenvalue weighted by Gasteiger charge is -2.17. The van der Waals surface area contributed by atoms with Gasteiger partial charge in [0.25, 0.3) is 0 Å². The molecule has 0 spiro atoms. The molecular weight excluding hydrogens is 522 g/mol. The van der Waals surface area contributed by atoms with Gasteiger partial charge in [-0.2, -0.15) is 0 Å². The lowest BCUT2D eigenvalue weighted by molar-refractivity contribution is -0.116. The Morgan fingerprint density at radius 2 is 1.70 bits per heavy atom. The van der Waals surface area contributed by atoms with Crippen molar-refractivity contribution in [1.82, 2.24) is 9.72 Å². The van der Waals surface area contributed by atoms with E-state index >= 15 is 0 Å². The van der Waals surface area contributed by atoms with Crippen LogP contribution in [-0.2, 0) is 27.6 Å². The molecule has 0 N–H and O–H groups in total. The summed E-state index contributed by atoms with van der Waals surface area (Å²) in [6, 6.07) is 26.1. The lowest BCUT2D eigenvalue weighted by atomic mass is 10.0. The van der Waals surface area contributed by atoms with E-state index in [1.165, 1.54) is 18.5 Å². The summed E-state index contributed by atoms with van der Waals surface area (Å²) in [6.45, 7) is 4.47. The fraction of sp³-hybridized carbons (Fsp3) is 0.250. The van der Waals surface area contributed by atoms with Gasteiger partial charge in [-0.25, -0.2) is 8.42 Å². The van der Waals surface area contributed by atoms with Crippen LogP contribution in [0.2, 0.25) is 0 Å². The van der Waals surface area contributed by atoms with E-state index in [0.29, 0.717) is 23.4 Å². The predicted molar refractivity (Wildman–Crippen MR) is 156 cm³/mol. The second-order valence-corrected chi connectivity index (χ2v) is 12.4. The van der Waals surface area contributed by atoms with Crippen molar-refractivity contribution < 1.29 is 17.7 Å². The number of Topliss-reactive ketones (excluding diaryl/α,β-unsaturated/α-hetero) is 1. The van der Waals surface area contributed by atoms with E-state index in [4.69, 9.17) is 4.52 Å². The summed E-state index contributed by atoms with van der Waals surface area (Å²) in [4.78, 5) is 15.2. The van der Waals surface area contributed by atoms with Gasteiger partial charge in [-0.3, -0.25) is 4.79 Å². The Morgan fingerprint density at radius 1 is 0.925 bits per heavy atom. The number of rotatable bonds is 9. The zero-order chi connectivity index (χ0) is 27.7. The smallest absolute Gasteiger partial charge is 0.187 e. The van der Waals surface area contributed by atoms with E-state index in [2.05, 4.69) is 52.5 Å². The number of hydrogen-bond acceptors (Lipinski definition) is 6. The summed E-state index contributed by atoms with van der Waals surface area (Å²) >= 11 is 0. The van der Waals surface area contributed by atoms with Crippen molar-refractivity contribution in [3.05, 3.63) is 102 Å². The number of aromatic nitrogens is 2. The Morgan fingerprint density at radius 3 is 2.45 bits per heavy atom. The highest BCUT2D eigenvalue weighted by Gasteiger charge is 2.25. The highest BCUT2D eigenvalue weighted by atomic mass is 32.2. The minimum absolute atomic E-state index is 0.0823. The van der Waals surface area contributed by atoms with Gasteiger partial charge in [-0.15, -0.1) is 0 Å². The number of benzene rings is 3. The minimum Gasteiger partial charge on any atom is -0.372 e. The second kappa shape index (κ2) is 10.8. The monoisotopic (exact) mass is 553 g/mol. The first kappa shape index (κ1) is 26.1. The molecule has 8 heteroatoms. The summed E-state index contributed by atoms with van der Waals surface area (Å²) in [6.07, 6.45) is 4.07. The van der Waals surface area contributed by atoms with Crippen molar-refractivity contribution >= 4 is 32.2 Å². The molecule has 204 valence electrons. The number of carbonyl (C=O) groups is 1. The molecular formula is C32H31N3O4S. The maximum Gasteiger partial charge on any atom is 0.187 e. The Balaban J connectivity index is 1.24. The molecule has 0 saturated carbocycles. The van der Waals surface area contributed by atoms with Gasteiger partial charge < -0.3 is 14.0 Å². The van der Waals surface area contributed by atoms with Crippen molar-refractivity contribution in [3.63, 3.8) is 0 Å². The quantitative estimate of drug-likeness (QED) is 0.228.